The van der Waals surface area contributed by atoms with Crippen LogP contribution in [0.5, 0.6) is 0 Å². The maximum Gasteiger partial charge on any atom is 0.243 e. The fourth-order valence-corrected chi connectivity index (χ4v) is 5.02. The summed E-state index contributed by atoms with van der Waals surface area (Å²) in [6, 6.07) is 12.2. The van der Waals surface area contributed by atoms with Gasteiger partial charge in [-0.1, -0.05) is 75.3 Å². The quantitative estimate of drug-likeness (QED) is 0.0687. The Morgan fingerprint density at radius 3 is 1.80 bits per heavy atom. The van der Waals surface area contributed by atoms with Crippen molar-refractivity contribution < 1.29 is 23.9 Å². The molecule has 0 aliphatic carbocycles. The van der Waals surface area contributed by atoms with Crippen LogP contribution < -0.4 is 21.7 Å². The van der Waals surface area contributed by atoms with Crippen LogP contribution in [0.1, 0.15) is 58.6 Å². The number of carbonyl (C=O) groups excluding carboxylic acids is 4. The van der Waals surface area contributed by atoms with E-state index < -0.39 is 47.5 Å². The molecule has 0 bridgehead atoms. The molecule has 0 spiro atoms. The Labute approximate surface area is 264 Å². The highest BCUT2D eigenvalue weighted by atomic mass is 16.6. The molecule has 12 heteroatoms. The highest BCUT2D eigenvalue weighted by Gasteiger charge is 2.50. The van der Waals surface area contributed by atoms with E-state index in [9.17, 15) is 19.2 Å². The maximum atomic E-state index is 13.7. The van der Waals surface area contributed by atoms with Crippen molar-refractivity contribution in [2.45, 2.75) is 90.1 Å². The van der Waals surface area contributed by atoms with E-state index in [4.69, 9.17) is 16.0 Å². The Kier molecular flexibility index (Phi) is 12.5. The van der Waals surface area contributed by atoms with Gasteiger partial charge in [-0.2, -0.15) is 0 Å². The first-order chi connectivity index (χ1) is 21.3. The third-order valence-electron chi connectivity index (χ3n) is 7.60. The smallest absolute Gasteiger partial charge is 0.243 e. The Balaban J connectivity index is 1.78. The number of hydrogen-bond acceptors (Lipinski definition) is 7. The zero-order valence-electron chi connectivity index (χ0n) is 26.7. The Morgan fingerprint density at radius 1 is 0.822 bits per heavy atom. The maximum absolute atomic E-state index is 13.7. The van der Waals surface area contributed by atoms with Crippen LogP contribution in [0.25, 0.3) is 10.4 Å². The average Bonchev–Trinajstić information content (AvgIpc) is 3.74. The number of nitrogens with two attached hydrogens (primary N) is 1. The number of nitrogens with one attached hydrogen (secondary N) is 3. The van der Waals surface area contributed by atoms with Gasteiger partial charge < -0.3 is 26.4 Å². The van der Waals surface area contributed by atoms with Gasteiger partial charge in [0.1, 0.15) is 23.7 Å². The molecule has 0 unspecified atom stereocenters. The SMILES string of the molecule is CC(C)C[C@H](NC(=O)[C@H](Cc1ccccc1)N=[N+]=[N-])C(=O)N[C@@H](CC(C)C)C(=O)N[C@@H](Cc1ccc(N)cc1)C(=O)[C@@]1(C)CO1. The number of benzene rings is 2. The summed E-state index contributed by atoms with van der Waals surface area (Å²) in [5, 5.41) is 12.1. The minimum Gasteiger partial charge on any atom is -0.399 e. The molecule has 2 aromatic carbocycles. The first-order valence-electron chi connectivity index (χ1n) is 15.3. The molecule has 5 atom stereocenters. The summed E-state index contributed by atoms with van der Waals surface area (Å²) in [7, 11) is 0. The lowest BCUT2D eigenvalue weighted by Crippen LogP contribution is -2.58. The predicted octanol–water partition coefficient (Wildman–Crippen LogP) is 3.64. The lowest BCUT2D eigenvalue weighted by molar-refractivity contribution is -0.134. The van der Waals surface area contributed by atoms with Gasteiger partial charge in [-0.3, -0.25) is 19.2 Å². The van der Waals surface area contributed by atoms with Crippen molar-refractivity contribution in [3.05, 3.63) is 76.2 Å². The minimum absolute atomic E-state index is 0.0201. The van der Waals surface area contributed by atoms with Gasteiger partial charge >= 0.3 is 0 Å². The molecule has 2 aromatic rings. The number of amides is 3. The van der Waals surface area contributed by atoms with Crippen molar-refractivity contribution in [1.82, 2.24) is 16.0 Å². The van der Waals surface area contributed by atoms with E-state index in [0.717, 1.165) is 11.1 Å². The molecule has 1 saturated heterocycles. The standard InChI is InChI=1S/C33H45N7O5/c1-20(2)15-26(30(42)36-25(29(41)33(5)19-45-33)17-23-11-13-24(34)14-12-23)37-31(43)27(16-21(3)4)38-32(44)28(39-40-35)18-22-9-7-6-8-10-22/h6-14,20-21,25-28H,15-19,34H2,1-5H3,(H,36,42)(H,37,43)(H,38,44)/t25-,26-,27-,28-,33+/m0/s1. The van der Waals surface area contributed by atoms with Crippen LogP contribution in [-0.2, 0) is 36.8 Å². The molecule has 45 heavy (non-hydrogen) atoms. The topological polar surface area (TPSA) is 192 Å². The lowest BCUT2D eigenvalue weighted by Gasteiger charge is -2.27. The largest absolute Gasteiger partial charge is 0.399 e. The predicted molar refractivity (Wildman–Crippen MR) is 172 cm³/mol. The second kappa shape index (κ2) is 16.1. The third-order valence-corrected chi connectivity index (χ3v) is 7.60. The molecule has 12 nitrogen and oxygen atoms in total. The third kappa shape index (κ3) is 10.9. The van der Waals surface area contributed by atoms with Crippen LogP contribution in [0.3, 0.4) is 0 Å². The molecule has 1 fully saturated rings. The summed E-state index contributed by atoms with van der Waals surface area (Å²) in [6.07, 6.45) is 0.971. The van der Waals surface area contributed by atoms with Gasteiger partial charge in [0.05, 0.1) is 12.6 Å². The van der Waals surface area contributed by atoms with E-state index in [1.807, 2.05) is 58.0 Å². The highest BCUT2D eigenvalue weighted by Crippen LogP contribution is 2.29. The summed E-state index contributed by atoms with van der Waals surface area (Å²) in [5.41, 5.74) is 16.1. The van der Waals surface area contributed by atoms with Crippen LogP contribution in [0.4, 0.5) is 5.69 Å². The summed E-state index contributed by atoms with van der Waals surface area (Å²) in [5.74, 6) is -1.86. The second-order valence-corrected chi connectivity index (χ2v) is 12.7. The van der Waals surface area contributed by atoms with E-state index in [-0.39, 0.29) is 43.5 Å². The van der Waals surface area contributed by atoms with E-state index in [1.165, 1.54) is 0 Å². The van der Waals surface area contributed by atoms with Gasteiger partial charge in [-0.25, -0.2) is 0 Å². The van der Waals surface area contributed by atoms with Crippen molar-refractivity contribution in [2.24, 2.45) is 17.0 Å². The molecule has 0 saturated carbocycles. The Bertz CT molecular complexity index is 1370. The monoisotopic (exact) mass is 619 g/mol. The van der Waals surface area contributed by atoms with Gasteiger partial charge in [0.15, 0.2) is 5.78 Å². The molecule has 242 valence electrons. The number of azide groups is 1. The van der Waals surface area contributed by atoms with Crippen LogP contribution in [0, 0.1) is 11.8 Å². The summed E-state index contributed by atoms with van der Waals surface area (Å²) < 4.78 is 5.39. The number of anilines is 1. The van der Waals surface area contributed by atoms with Crippen molar-refractivity contribution in [3.63, 3.8) is 0 Å². The van der Waals surface area contributed by atoms with Gasteiger partial charge in [0, 0.05) is 10.6 Å². The van der Waals surface area contributed by atoms with Gasteiger partial charge in [-0.05, 0) is 73.2 Å². The van der Waals surface area contributed by atoms with Crippen molar-refractivity contribution in [3.8, 4) is 0 Å². The summed E-state index contributed by atoms with van der Waals surface area (Å²) >= 11 is 0. The highest BCUT2D eigenvalue weighted by molar-refractivity contribution is 5.98. The molecule has 3 rings (SSSR count). The zero-order valence-corrected chi connectivity index (χ0v) is 26.7. The number of nitrogens with zero attached hydrogens (tertiary/aromatic N) is 3. The summed E-state index contributed by atoms with van der Waals surface area (Å²) in [4.78, 5) is 56.8. The van der Waals surface area contributed by atoms with E-state index in [2.05, 4.69) is 26.0 Å². The molecule has 1 aliphatic heterocycles. The molecule has 1 aliphatic rings. The van der Waals surface area contributed by atoms with Gasteiger partial charge in [-0.15, -0.1) is 0 Å². The molecule has 0 aromatic heterocycles. The van der Waals surface area contributed by atoms with Crippen molar-refractivity contribution in [2.75, 3.05) is 12.3 Å². The van der Waals surface area contributed by atoms with E-state index in [1.54, 1.807) is 31.2 Å². The number of epoxide rings is 1. The molecular weight excluding hydrogens is 574 g/mol. The van der Waals surface area contributed by atoms with Gasteiger partial charge in [0.2, 0.25) is 17.7 Å². The number of rotatable bonds is 17. The van der Waals surface area contributed by atoms with Crippen molar-refractivity contribution in [1.29, 1.82) is 0 Å². The van der Waals surface area contributed by atoms with Crippen LogP contribution in [0.15, 0.2) is 59.7 Å². The normalized spacial score (nSPS) is 18.2. The number of ketones is 1. The first kappa shape index (κ1) is 35.1. The van der Waals surface area contributed by atoms with E-state index >= 15 is 0 Å². The molecule has 1 heterocycles. The molecular formula is C33H45N7O5. The van der Waals surface area contributed by atoms with Crippen LogP contribution >= 0.6 is 0 Å². The number of ether oxygens (including phenoxy) is 1. The average molecular weight is 620 g/mol. The first-order valence-corrected chi connectivity index (χ1v) is 15.3. The summed E-state index contributed by atoms with van der Waals surface area (Å²) in [6.45, 7) is 9.62. The Hall–Kier alpha value is -4.41. The second-order valence-electron chi connectivity index (χ2n) is 12.7. The fourth-order valence-electron chi connectivity index (χ4n) is 5.02. The van der Waals surface area contributed by atoms with Crippen LogP contribution in [0.2, 0.25) is 0 Å². The van der Waals surface area contributed by atoms with Crippen molar-refractivity contribution >= 4 is 29.2 Å². The van der Waals surface area contributed by atoms with Crippen LogP contribution in [-0.4, -0.2) is 59.9 Å². The van der Waals surface area contributed by atoms with Gasteiger partial charge in [0.25, 0.3) is 0 Å². The number of nitrogen functional groups attached to an aromatic ring is 1. The van der Waals surface area contributed by atoms with E-state index in [0.29, 0.717) is 12.1 Å². The molecule has 3 amide bonds. The fraction of sp³-hybridized carbons (Fsp3) is 0.515. The lowest BCUT2D eigenvalue weighted by atomic mass is 9.94. The number of carbonyl (C=O) groups is 4. The Morgan fingerprint density at radius 2 is 1.31 bits per heavy atom. The minimum atomic E-state index is -1.07. The molecule has 5 N–H and O–H groups in total. The zero-order chi connectivity index (χ0) is 33.1. The number of Topliss-reactive ketones (excluding diaryl/α,β-unsaturated/α-hetero) is 1. The number of hydrogen-bond donors (Lipinski definition) is 4. The molecule has 0 radical (unpaired) electrons.